The van der Waals surface area contributed by atoms with Gasteiger partial charge in [-0.25, -0.2) is 0 Å². The van der Waals surface area contributed by atoms with E-state index in [2.05, 4.69) is 10.3 Å². The number of pyridine rings is 1. The van der Waals surface area contributed by atoms with Crippen molar-refractivity contribution >= 4 is 34.8 Å². The molecule has 1 N–H and O–H groups in total. The van der Waals surface area contributed by atoms with E-state index in [1.807, 2.05) is 6.92 Å². The van der Waals surface area contributed by atoms with Crippen molar-refractivity contribution in [1.82, 2.24) is 4.98 Å². The van der Waals surface area contributed by atoms with Crippen molar-refractivity contribution in [1.29, 1.82) is 0 Å². The maximum Gasteiger partial charge on any atom is 0.257 e. The van der Waals surface area contributed by atoms with Crippen molar-refractivity contribution in [2.75, 3.05) is 5.32 Å². The van der Waals surface area contributed by atoms with Crippen LogP contribution in [0.2, 0.25) is 10.0 Å². The van der Waals surface area contributed by atoms with Crippen LogP contribution >= 0.6 is 23.2 Å². The van der Waals surface area contributed by atoms with Crippen LogP contribution in [-0.2, 0) is 0 Å². The minimum atomic E-state index is -0.271. The Morgan fingerprint density at radius 1 is 1.28 bits per heavy atom. The van der Waals surface area contributed by atoms with Crippen LogP contribution in [0.3, 0.4) is 0 Å². The third-order valence-corrected chi connectivity index (χ3v) is 2.99. The zero-order chi connectivity index (χ0) is 13.1. The third kappa shape index (κ3) is 2.81. The topological polar surface area (TPSA) is 42.0 Å². The predicted octanol–water partition coefficient (Wildman–Crippen LogP) is 3.95. The molecule has 0 aliphatic heterocycles. The summed E-state index contributed by atoms with van der Waals surface area (Å²) in [5, 5.41) is 3.74. The number of nitrogens with one attached hydrogen (secondary N) is 1. The fourth-order valence-electron chi connectivity index (χ4n) is 1.52. The normalized spacial score (nSPS) is 10.2. The van der Waals surface area contributed by atoms with E-state index in [0.717, 1.165) is 5.56 Å². The second-order valence-electron chi connectivity index (χ2n) is 3.77. The molecule has 1 heterocycles. The first-order valence-electron chi connectivity index (χ1n) is 5.25. The monoisotopic (exact) mass is 280 g/mol. The van der Waals surface area contributed by atoms with Crippen molar-refractivity contribution in [3.05, 3.63) is 57.8 Å². The van der Waals surface area contributed by atoms with Gasteiger partial charge in [0.2, 0.25) is 0 Å². The van der Waals surface area contributed by atoms with Crippen molar-refractivity contribution in [3.8, 4) is 0 Å². The van der Waals surface area contributed by atoms with Crippen LogP contribution in [0.1, 0.15) is 15.9 Å². The molecule has 0 spiro atoms. The highest BCUT2D eigenvalue weighted by molar-refractivity contribution is 6.34. The number of aromatic nitrogens is 1. The first-order valence-corrected chi connectivity index (χ1v) is 6.00. The van der Waals surface area contributed by atoms with Crippen LogP contribution in [0.15, 0.2) is 36.7 Å². The Labute approximate surface area is 115 Å². The van der Waals surface area contributed by atoms with E-state index >= 15 is 0 Å². The van der Waals surface area contributed by atoms with Gasteiger partial charge >= 0.3 is 0 Å². The van der Waals surface area contributed by atoms with E-state index < -0.39 is 0 Å². The molecular weight excluding hydrogens is 271 g/mol. The number of nitrogens with zero attached hydrogens (tertiary/aromatic N) is 1. The van der Waals surface area contributed by atoms with Gasteiger partial charge < -0.3 is 5.32 Å². The Balaban J connectivity index is 2.24. The Morgan fingerprint density at radius 2 is 2.06 bits per heavy atom. The zero-order valence-electron chi connectivity index (χ0n) is 9.58. The Bertz CT molecular complexity index is 599. The molecule has 0 atom stereocenters. The average Bonchev–Trinajstić information content (AvgIpc) is 2.33. The van der Waals surface area contributed by atoms with E-state index in [9.17, 15) is 4.79 Å². The Hall–Kier alpha value is -1.58. The van der Waals surface area contributed by atoms with Crippen molar-refractivity contribution in [2.45, 2.75) is 6.92 Å². The number of carbonyl (C=O) groups is 1. The number of aryl methyl sites for hydroxylation is 1. The summed E-state index contributed by atoms with van der Waals surface area (Å²) >= 11 is 11.8. The molecule has 0 saturated carbocycles. The summed E-state index contributed by atoms with van der Waals surface area (Å²) in [4.78, 5) is 15.8. The molecule has 2 aromatic rings. The SMILES string of the molecule is Cc1cc(Cl)ccc1NC(=O)c1ccncc1Cl. The first-order chi connectivity index (χ1) is 8.58. The predicted molar refractivity (Wildman–Crippen MR) is 73.4 cm³/mol. The van der Waals surface area contributed by atoms with Gasteiger partial charge in [-0.1, -0.05) is 23.2 Å². The van der Waals surface area contributed by atoms with Crippen LogP contribution in [0, 0.1) is 6.92 Å². The standard InChI is InChI=1S/C13H10Cl2N2O/c1-8-6-9(14)2-3-12(8)17-13(18)10-4-5-16-7-11(10)15/h2-7H,1H3,(H,17,18). The molecule has 92 valence electrons. The first kappa shape index (κ1) is 12.9. The van der Waals surface area contributed by atoms with E-state index in [1.165, 1.54) is 12.4 Å². The lowest BCUT2D eigenvalue weighted by atomic mass is 10.2. The molecule has 5 heteroatoms. The molecule has 1 amide bonds. The Kier molecular flexibility index (Phi) is 3.84. The van der Waals surface area contributed by atoms with Crippen LogP contribution in [0.4, 0.5) is 5.69 Å². The van der Waals surface area contributed by atoms with Gasteiger partial charge in [-0.05, 0) is 36.8 Å². The molecular formula is C13H10Cl2N2O. The number of hydrogen-bond donors (Lipinski definition) is 1. The lowest BCUT2D eigenvalue weighted by molar-refractivity contribution is 0.102. The quantitative estimate of drug-likeness (QED) is 0.905. The van der Waals surface area contributed by atoms with Gasteiger partial charge in [-0.2, -0.15) is 0 Å². The lowest BCUT2D eigenvalue weighted by Crippen LogP contribution is -2.13. The van der Waals surface area contributed by atoms with Crippen molar-refractivity contribution in [3.63, 3.8) is 0 Å². The number of benzene rings is 1. The number of anilines is 1. The minimum absolute atomic E-state index is 0.271. The smallest absolute Gasteiger partial charge is 0.257 e. The van der Waals surface area contributed by atoms with Gasteiger partial charge in [0.05, 0.1) is 10.6 Å². The molecule has 0 aliphatic carbocycles. The van der Waals surface area contributed by atoms with Gasteiger partial charge in [-0.15, -0.1) is 0 Å². The third-order valence-electron chi connectivity index (χ3n) is 2.45. The van der Waals surface area contributed by atoms with Crippen LogP contribution in [0.5, 0.6) is 0 Å². The highest BCUT2D eigenvalue weighted by atomic mass is 35.5. The van der Waals surface area contributed by atoms with E-state index in [0.29, 0.717) is 21.3 Å². The molecule has 0 unspecified atom stereocenters. The number of rotatable bonds is 2. The van der Waals surface area contributed by atoms with E-state index in [4.69, 9.17) is 23.2 Å². The molecule has 18 heavy (non-hydrogen) atoms. The average molecular weight is 281 g/mol. The molecule has 1 aromatic carbocycles. The van der Waals surface area contributed by atoms with Gasteiger partial charge in [0, 0.05) is 23.1 Å². The molecule has 1 aromatic heterocycles. The second-order valence-corrected chi connectivity index (χ2v) is 4.61. The zero-order valence-corrected chi connectivity index (χ0v) is 11.1. The van der Waals surface area contributed by atoms with Gasteiger partial charge in [0.1, 0.15) is 0 Å². The summed E-state index contributed by atoms with van der Waals surface area (Å²) in [7, 11) is 0. The summed E-state index contributed by atoms with van der Waals surface area (Å²) in [6, 6.07) is 6.83. The highest BCUT2D eigenvalue weighted by Crippen LogP contribution is 2.21. The number of amides is 1. The summed E-state index contributed by atoms with van der Waals surface area (Å²) < 4.78 is 0. The summed E-state index contributed by atoms with van der Waals surface area (Å²) in [6.07, 6.45) is 2.96. The minimum Gasteiger partial charge on any atom is -0.322 e. The molecule has 0 radical (unpaired) electrons. The Morgan fingerprint density at radius 3 is 2.72 bits per heavy atom. The van der Waals surface area contributed by atoms with Gasteiger partial charge in [0.25, 0.3) is 5.91 Å². The summed E-state index contributed by atoms with van der Waals surface area (Å²) in [5.41, 5.74) is 1.99. The number of carbonyl (C=O) groups excluding carboxylic acids is 1. The number of halogens is 2. The summed E-state index contributed by atoms with van der Waals surface area (Å²) in [5.74, 6) is -0.271. The van der Waals surface area contributed by atoms with Crippen LogP contribution in [0.25, 0.3) is 0 Å². The van der Waals surface area contributed by atoms with Gasteiger partial charge in [-0.3, -0.25) is 9.78 Å². The molecule has 0 bridgehead atoms. The fraction of sp³-hybridized carbons (Fsp3) is 0.0769. The highest BCUT2D eigenvalue weighted by Gasteiger charge is 2.11. The molecule has 0 saturated heterocycles. The van der Waals surface area contributed by atoms with Crippen LogP contribution in [-0.4, -0.2) is 10.9 Å². The molecule has 3 nitrogen and oxygen atoms in total. The maximum absolute atomic E-state index is 12.0. The molecule has 2 rings (SSSR count). The second kappa shape index (κ2) is 5.38. The largest absolute Gasteiger partial charge is 0.322 e. The molecule has 0 aliphatic rings. The van der Waals surface area contributed by atoms with E-state index in [-0.39, 0.29) is 5.91 Å². The van der Waals surface area contributed by atoms with E-state index in [1.54, 1.807) is 24.3 Å². The molecule has 0 fully saturated rings. The van der Waals surface area contributed by atoms with Crippen LogP contribution < -0.4 is 5.32 Å². The lowest BCUT2D eigenvalue weighted by Gasteiger charge is -2.09. The number of hydrogen-bond acceptors (Lipinski definition) is 2. The fourth-order valence-corrected chi connectivity index (χ4v) is 1.95. The van der Waals surface area contributed by atoms with Gasteiger partial charge in [0.15, 0.2) is 0 Å². The summed E-state index contributed by atoms with van der Waals surface area (Å²) in [6.45, 7) is 1.87. The van der Waals surface area contributed by atoms with Crippen molar-refractivity contribution in [2.24, 2.45) is 0 Å². The maximum atomic E-state index is 12.0. The van der Waals surface area contributed by atoms with Crippen molar-refractivity contribution < 1.29 is 4.79 Å².